The summed E-state index contributed by atoms with van der Waals surface area (Å²) in [6, 6.07) is 16.8. The Morgan fingerprint density at radius 1 is 1.11 bits per heavy atom. The number of ether oxygens (including phenoxy) is 1. The van der Waals surface area contributed by atoms with Gasteiger partial charge in [-0.15, -0.1) is 13.2 Å². The average molecular weight is 387 g/mol. The van der Waals surface area contributed by atoms with Crippen molar-refractivity contribution in [2.45, 2.75) is 25.7 Å². The molecule has 1 unspecified atom stereocenters. The number of aryl methyl sites for hydroxylation is 1. The van der Waals surface area contributed by atoms with E-state index in [1.54, 1.807) is 19.1 Å². The van der Waals surface area contributed by atoms with Gasteiger partial charge in [0, 0.05) is 41.6 Å². The number of rotatable bonds is 4. The Morgan fingerprint density at radius 2 is 1.89 bits per heavy atom. The number of fused-ring (bicyclic) bond motifs is 1. The number of alkyl halides is 3. The summed E-state index contributed by atoms with van der Waals surface area (Å²) in [5, 5.41) is 4.17. The third-order valence-corrected chi connectivity index (χ3v) is 4.81. The summed E-state index contributed by atoms with van der Waals surface area (Å²) < 4.78 is 42.5. The van der Waals surface area contributed by atoms with E-state index in [0.717, 1.165) is 30.9 Å². The van der Waals surface area contributed by atoms with Crippen molar-refractivity contribution in [2.75, 3.05) is 23.3 Å². The fraction of sp³-hybridized carbons (Fsp3) is 0.286. The number of pyridine rings is 1. The molecule has 1 atom stereocenters. The average Bonchev–Trinajstić information content (AvgIpc) is 3.10. The van der Waals surface area contributed by atoms with Crippen LogP contribution in [0.1, 0.15) is 12.1 Å². The lowest BCUT2D eigenvalue weighted by molar-refractivity contribution is -0.274. The molecule has 4 rings (SSSR count). The third kappa shape index (κ3) is 3.98. The van der Waals surface area contributed by atoms with Crippen molar-refractivity contribution in [1.29, 1.82) is 0 Å². The Morgan fingerprint density at radius 3 is 2.64 bits per heavy atom. The van der Waals surface area contributed by atoms with Crippen LogP contribution in [0.2, 0.25) is 0 Å². The number of hydrogen-bond donors (Lipinski definition) is 1. The van der Waals surface area contributed by atoms with E-state index >= 15 is 0 Å². The number of anilines is 2. The standard InChI is InChI=1S/C21H20F3N3O/c1-14-12-18(17-8-5-9-19(20(17)25-14)28-21(22,23)24)27-11-10-16(13-27)26-15-6-3-2-4-7-15/h2-9,12,16,26H,10-11,13H2,1H3. The Balaban J connectivity index is 1.63. The lowest BCUT2D eigenvalue weighted by Crippen LogP contribution is -2.26. The van der Waals surface area contributed by atoms with Crippen LogP contribution in [0.15, 0.2) is 54.6 Å². The minimum absolute atomic E-state index is 0.231. The largest absolute Gasteiger partial charge is 0.573 e. The Hall–Kier alpha value is -2.96. The molecule has 28 heavy (non-hydrogen) atoms. The van der Waals surface area contributed by atoms with E-state index in [1.807, 2.05) is 36.4 Å². The molecule has 3 aromatic rings. The maximum absolute atomic E-state index is 12.8. The van der Waals surface area contributed by atoms with Crippen molar-refractivity contribution in [2.24, 2.45) is 0 Å². The first-order valence-electron chi connectivity index (χ1n) is 9.12. The van der Waals surface area contributed by atoms with Gasteiger partial charge in [0.15, 0.2) is 5.75 Å². The Kier molecular flexibility index (Phi) is 4.75. The number of nitrogens with one attached hydrogen (secondary N) is 1. The maximum Gasteiger partial charge on any atom is 0.573 e. The van der Waals surface area contributed by atoms with Crippen LogP contribution in [0.5, 0.6) is 5.75 Å². The molecule has 0 bridgehead atoms. The van der Waals surface area contributed by atoms with Crippen molar-refractivity contribution in [3.8, 4) is 5.75 Å². The van der Waals surface area contributed by atoms with Crippen molar-refractivity contribution in [3.63, 3.8) is 0 Å². The predicted molar refractivity (Wildman–Crippen MR) is 104 cm³/mol. The number of hydrogen-bond acceptors (Lipinski definition) is 4. The first-order valence-corrected chi connectivity index (χ1v) is 9.12. The second-order valence-corrected chi connectivity index (χ2v) is 6.92. The number of aromatic nitrogens is 1. The van der Waals surface area contributed by atoms with Crippen LogP contribution in [-0.2, 0) is 0 Å². The summed E-state index contributed by atoms with van der Waals surface area (Å²) in [5.74, 6) is -0.270. The molecule has 146 valence electrons. The highest BCUT2D eigenvalue weighted by Crippen LogP contribution is 2.36. The van der Waals surface area contributed by atoms with Crippen molar-refractivity contribution in [1.82, 2.24) is 4.98 Å². The summed E-state index contributed by atoms with van der Waals surface area (Å²) in [5.41, 5.74) is 2.83. The number of halogens is 3. The van der Waals surface area contributed by atoms with Crippen LogP contribution >= 0.6 is 0 Å². The maximum atomic E-state index is 12.8. The molecule has 1 saturated heterocycles. The summed E-state index contributed by atoms with van der Waals surface area (Å²) in [6.45, 7) is 3.36. The molecular formula is C21H20F3N3O. The first-order chi connectivity index (χ1) is 13.4. The second-order valence-electron chi connectivity index (χ2n) is 6.92. The van der Waals surface area contributed by atoms with E-state index < -0.39 is 6.36 Å². The van der Waals surface area contributed by atoms with Crippen LogP contribution in [0, 0.1) is 6.92 Å². The molecule has 1 aliphatic heterocycles. The topological polar surface area (TPSA) is 37.4 Å². The molecule has 1 aliphatic rings. The van der Waals surface area contributed by atoms with Gasteiger partial charge in [-0.3, -0.25) is 0 Å². The number of benzene rings is 2. The van der Waals surface area contributed by atoms with Gasteiger partial charge in [-0.25, -0.2) is 4.98 Å². The minimum Gasteiger partial charge on any atom is -0.403 e. The lowest BCUT2D eigenvalue weighted by atomic mass is 10.1. The molecule has 0 radical (unpaired) electrons. The summed E-state index contributed by atoms with van der Waals surface area (Å²) in [7, 11) is 0. The van der Waals surface area contributed by atoms with Gasteiger partial charge in [-0.1, -0.05) is 30.3 Å². The van der Waals surface area contributed by atoms with Gasteiger partial charge in [0.25, 0.3) is 0 Å². The Labute approximate surface area is 160 Å². The predicted octanol–water partition coefficient (Wildman–Crippen LogP) is 5.13. The highest BCUT2D eigenvalue weighted by Gasteiger charge is 2.32. The van der Waals surface area contributed by atoms with Gasteiger partial charge in [0.05, 0.1) is 0 Å². The fourth-order valence-electron chi connectivity index (χ4n) is 3.66. The zero-order chi connectivity index (χ0) is 19.7. The molecule has 2 aromatic carbocycles. The first kappa shape index (κ1) is 18.4. The molecule has 1 fully saturated rings. The quantitative estimate of drug-likeness (QED) is 0.673. The van der Waals surface area contributed by atoms with Gasteiger partial charge in [-0.05, 0) is 37.6 Å². The zero-order valence-corrected chi connectivity index (χ0v) is 15.3. The Bertz CT molecular complexity index is 976. The molecule has 7 heteroatoms. The molecule has 0 aliphatic carbocycles. The molecule has 0 amide bonds. The molecule has 2 heterocycles. The van der Waals surface area contributed by atoms with Gasteiger partial charge < -0.3 is 15.0 Å². The summed E-state index contributed by atoms with van der Waals surface area (Å²) in [4.78, 5) is 6.50. The van der Waals surface area contributed by atoms with Crippen LogP contribution in [0.4, 0.5) is 24.5 Å². The summed E-state index contributed by atoms with van der Waals surface area (Å²) in [6.07, 6.45) is -3.81. The smallest absolute Gasteiger partial charge is 0.403 e. The van der Waals surface area contributed by atoms with E-state index in [0.29, 0.717) is 11.1 Å². The van der Waals surface area contributed by atoms with E-state index in [-0.39, 0.29) is 17.3 Å². The molecular weight excluding hydrogens is 367 g/mol. The highest BCUT2D eigenvalue weighted by molar-refractivity contribution is 5.95. The highest BCUT2D eigenvalue weighted by atomic mass is 19.4. The molecule has 0 saturated carbocycles. The summed E-state index contributed by atoms with van der Waals surface area (Å²) >= 11 is 0. The van der Waals surface area contributed by atoms with Gasteiger partial charge in [-0.2, -0.15) is 0 Å². The van der Waals surface area contributed by atoms with Crippen molar-refractivity contribution in [3.05, 3.63) is 60.3 Å². The van der Waals surface area contributed by atoms with Crippen molar-refractivity contribution < 1.29 is 17.9 Å². The second kappa shape index (κ2) is 7.22. The molecule has 4 nitrogen and oxygen atoms in total. The fourth-order valence-corrected chi connectivity index (χ4v) is 3.66. The van der Waals surface area contributed by atoms with Gasteiger partial charge in [0.2, 0.25) is 0 Å². The van der Waals surface area contributed by atoms with Crippen molar-refractivity contribution >= 4 is 22.3 Å². The normalized spacial score (nSPS) is 17.1. The van der Waals surface area contributed by atoms with E-state index in [2.05, 4.69) is 19.9 Å². The minimum atomic E-state index is -4.75. The van der Waals surface area contributed by atoms with Gasteiger partial charge in [0.1, 0.15) is 5.52 Å². The third-order valence-electron chi connectivity index (χ3n) is 4.81. The van der Waals surface area contributed by atoms with Crippen LogP contribution < -0.4 is 15.0 Å². The molecule has 0 spiro atoms. The van der Waals surface area contributed by atoms with E-state index in [4.69, 9.17) is 0 Å². The number of para-hydroxylation sites is 2. The lowest BCUT2D eigenvalue weighted by Gasteiger charge is -2.22. The van der Waals surface area contributed by atoms with Crippen LogP contribution in [0.3, 0.4) is 0 Å². The zero-order valence-electron chi connectivity index (χ0n) is 15.3. The number of nitrogens with zero attached hydrogens (tertiary/aromatic N) is 2. The van der Waals surface area contributed by atoms with Crippen LogP contribution in [-0.4, -0.2) is 30.5 Å². The molecule has 1 N–H and O–H groups in total. The van der Waals surface area contributed by atoms with Gasteiger partial charge >= 0.3 is 6.36 Å². The van der Waals surface area contributed by atoms with E-state index in [1.165, 1.54) is 6.07 Å². The SMILES string of the molecule is Cc1cc(N2CCC(Nc3ccccc3)C2)c2cccc(OC(F)(F)F)c2n1. The van der Waals surface area contributed by atoms with Crippen LogP contribution in [0.25, 0.3) is 10.9 Å². The molecule has 1 aromatic heterocycles. The van der Waals surface area contributed by atoms with E-state index in [9.17, 15) is 13.2 Å². The monoisotopic (exact) mass is 387 g/mol.